The summed E-state index contributed by atoms with van der Waals surface area (Å²) >= 11 is 1.02. The molecule has 0 aliphatic carbocycles. The summed E-state index contributed by atoms with van der Waals surface area (Å²) in [4.78, 5) is 0. The van der Waals surface area contributed by atoms with Crippen LogP contribution >= 0.6 is 11.7 Å². The molecule has 0 spiro atoms. The van der Waals surface area contributed by atoms with Crippen LogP contribution < -0.4 is 10.9 Å². The summed E-state index contributed by atoms with van der Waals surface area (Å²) in [6.07, 6.45) is 0. The van der Waals surface area contributed by atoms with Gasteiger partial charge in [0, 0.05) is 10.9 Å². The van der Waals surface area contributed by atoms with E-state index in [0.29, 0.717) is 16.5 Å². The van der Waals surface area contributed by atoms with Gasteiger partial charge in [-0.2, -0.15) is 8.75 Å². The maximum atomic E-state index is 15.3. The van der Waals surface area contributed by atoms with Gasteiger partial charge in [0.1, 0.15) is 16.9 Å². The van der Waals surface area contributed by atoms with Crippen LogP contribution in [0.1, 0.15) is 55.4 Å². The second-order valence-corrected chi connectivity index (χ2v) is 10.0. The fourth-order valence-electron chi connectivity index (χ4n) is 3.29. The van der Waals surface area contributed by atoms with Crippen LogP contribution in [0, 0.1) is 5.82 Å². The Labute approximate surface area is 169 Å². The Kier molecular flexibility index (Phi) is 4.32. The predicted molar refractivity (Wildman–Crippen MR) is 109 cm³/mol. The van der Waals surface area contributed by atoms with Crippen LogP contribution in [-0.4, -0.2) is 45.4 Å². The van der Waals surface area contributed by atoms with E-state index in [1.165, 1.54) is 6.07 Å². The van der Waals surface area contributed by atoms with Crippen molar-refractivity contribution >= 4 is 47.9 Å². The smallest absolute Gasteiger partial charge is 0.399 e. The molecule has 2 aliphatic rings. The molecule has 4 rings (SSSR count). The molecule has 0 amide bonds. The topological polar surface area (TPSA) is 62.7 Å². The van der Waals surface area contributed by atoms with E-state index in [9.17, 15) is 0 Å². The van der Waals surface area contributed by atoms with Crippen molar-refractivity contribution in [3.8, 4) is 0 Å². The lowest BCUT2D eigenvalue weighted by atomic mass is 9.72. The Bertz CT molecular complexity index is 915. The van der Waals surface area contributed by atoms with Gasteiger partial charge in [-0.3, -0.25) is 0 Å². The summed E-state index contributed by atoms with van der Waals surface area (Å²) < 4.78 is 48.4. The van der Waals surface area contributed by atoms with Gasteiger partial charge >= 0.3 is 14.2 Å². The van der Waals surface area contributed by atoms with E-state index < -0.39 is 42.5 Å². The number of rotatable bonds is 2. The normalized spacial score (nSPS) is 25.0. The molecule has 2 aliphatic heterocycles. The first-order valence-corrected chi connectivity index (χ1v) is 10.1. The second-order valence-electron chi connectivity index (χ2n) is 9.50. The minimum Gasteiger partial charge on any atom is -0.399 e. The fraction of sp³-hybridized carbons (Fsp3) is 0.667. The molecular formula is C18H25B2FN2O4S. The summed E-state index contributed by atoms with van der Waals surface area (Å²) in [6, 6.07) is 1.41. The molecule has 0 N–H and O–H groups in total. The zero-order valence-electron chi connectivity index (χ0n) is 17.5. The molecule has 2 saturated heterocycles. The van der Waals surface area contributed by atoms with Crippen molar-refractivity contribution in [1.82, 2.24) is 8.75 Å². The highest BCUT2D eigenvalue weighted by molar-refractivity contribution is 7.00. The zero-order chi connectivity index (χ0) is 20.7. The number of halogens is 1. The van der Waals surface area contributed by atoms with Crippen molar-refractivity contribution in [1.29, 1.82) is 0 Å². The molecule has 0 saturated carbocycles. The Hall–Kier alpha value is -1.06. The standard InChI is InChI=1S/C18H25B2FN2O4S/c1-15(2)16(3,4)25-19(24-15)10-9-11(21)12(14-13(10)22-28-23-14)20-26-17(5,6)18(7,8)27-20/h9H,1-8H3. The van der Waals surface area contributed by atoms with Crippen molar-refractivity contribution in [2.75, 3.05) is 0 Å². The molecule has 3 heterocycles. The van der Waals surface area contributed by atoms with Crippen molar-refractivity contribution < 1.29 is 23.0 Å². The summed E-state index contributed by atoms with van der Waals surface area (Å²) in [5, 5.41) is 0. The summed E-state index contributed by atoms with van der Waals surface area (Å²) in [5.41, 5.74) is -0.456. The van der Waals surface area contributed by atoms with Gasteiger partial charge < -0.3 is 18.6 Å². The highest BCUT2D eigenvalue weighted by atomic mass is 32.1. The monoisotopic (exact) mass is 406 g/mol. The maximum Gasteiger partial charge on any atom is 0.500 e. The van der Waals surface area contributed by atoms with E-state index in [0.717, 1.165) is 11.7 Å². The lowest BCUT2D eigenvalue weighted by molar-refractivity contribution is 0.00578. The summed E-state index contributed by atoms with van der Waals surface area (Å²) in [5.74, 6) is -0.469. The Balaban J connectivity index is 1.79. The lowest BCUT2D eigenvalue weighted by Crippen LogP contribution is -2.42. The number of hydrogen-bond donors (Lipinski definition) is 0. The Morgan fingerprint density at radius 3 is 1.68 bits per heavy atom. The molecule has 150 valence electrons. The molecule has 0 unspecified atom stereocenters. The second kappa shape index (κ2) is 5.98. The molecular weight excluding hydrogens is 381 g/mol. The number of aromatic nitrogens is 2. The van der Waals surface area contributed by atoms with Gasteiger partial charge in [-0.15, -0.1) is 0 Å². The Morgan fingerprint density at radius 2 is 1.18 bits per heavy atom. The van der Waals surface area contributed by atoms with Gasteiger partial charge in [0.25, 0.3) is 0 Å². The van der Waals surface area contributed by atoms with Crippen LogP contribution in [0.3, 0.4) is 0 Å². The predicted octanol–water partition coefficient (Wildman–Crippen LogP) is 2.43. The highest BCUT2D eigenvalue weighted by Crippen LogP contribution is 2.38. The van der Waals surface area contributed by atoms with E-state index in [2.05, 4.69) is 8.75 Å². The average molecular weight is 406 g/mol. The summed E-state index contributed by atoms with van der Waals surface area (Å²) in [6.45, 7) is 15.6. The van der Waals surface area contributed by atoms with Gasteiger partial charge in [-0.1, -0.05) is 0 Å². The van der Waals surface area contributed by atoms with Crippen LogP contribution in [0.2, 0.25) is 0 Å². The van der Waals surface area contributed by atoms with Crippen LogP contribution in [0.4, 0.5) is 4.39 Å². The SMILES string of the molecule is CC1(C)OB(c2cc(F)c(B3OC(C)(C)C(C)(C)O3)c3nsnc23)OC1(C)C. The van der Waals surface area contributed by atoms with Crippen molar-refractivity contribution in [2.45, 2.75) is 77.8 Å². The van der Waals surface area contributed by atoms with Crippen LogP contribution in [0.5, 0.6) is 0 Å². The fourth-order valence-corrected chi connectivity index (χ4v) is 3.87. The number of fused-ring (bicyclic) bond motifs is 1. The largest absolute Gasteiger partial charge is 0.500 e. The third-order valence-electron chi connectivity index (χ3n) is 6.55. The molecule has 6 nitrogen and oxygen atoms in total. The van der Waals surface area contributed by atoms with Crippen LogP contribution in [0.15, 0.2) is 6.07 Å². The first-order valence-electron chi connectivity index (χ1n) is 9.42. The third-order valence-corrected chi connectivity index (χ3v) is 7.08. The number of benzene rings is 1. The molecule has 2 fully saturated rings. The third kappa shape index (κ3) is 2.84. The molecule has 0 atom stereocenters. The van der Waals surface area contributed by atoms with E-state index in [1.54, 1.807) is 0 Å². The minimum absolute atomic E-state index is 0.266. The maximum absolute atomic E-state index is 15.3. The van der Waals surface area contributed by atoms with Gasteiger partial charge in [0.05, 0.1) is 34.1 Å². The number of nitrogens with zero attached hydrogens (tertiary/aromatic N) is 2. The van der Waals surface area contributed by atoms with E-state index in [1.807, 2.05) is 55.4 Å². The first-order chi connectivity index (χ1) is 12.8. The van der Waals surface area contributed by atoms with Crippen molar-refractivity contribution in [3.05, 3.63) is 11.9 Å². The number of hydrogen-bond acceptors (Lipinski definition) is 7. The molecule has 1 aromatic carbocycles. The van der Waals surface area contributed by atoms with E-state index in [-0.39, 0.29) is 5.46 Å². The van der Waals surface area contributed by atoms with Crippen molar-refractivity contribution in [3.63, 3.8) is 0 Å². The Morgan fingerprint density at radius 1 is 0.750 bits per heavy atom. The summed E-state index contributed by atoms with van der Waals surface area (Å²) in [7, 11) is -1.58. The first kappa shape index (κ1) is 20.2. The molecule has 1 aromatic heterocycles. The minimum atomic E-state index is -0.858. The van der Waals surface area contributed by atoms with Crippen LogP contribution in [0.25, 0.3) is 11.0 Å². The molecule has 10 heteroatoms. The molecule has 0 bridgehead atoms. The highest BCUT2D eigenvalue weighted by Gasteiger charge is 2.55. The van der Waals surface area contributed by atoms with E-state index in [4.69, 9.17) is 18.6 Å². The molecule has 0 radical (unpaired) electrons. The molecule has 2 aromatic rings. The van der Waals surface area contributed by atoms with Gasteiger partial charge in [0.2, 0.25) is 0 Å². The van der Waals surface area contributed by atoms with Crippen molar-refractivity contribution in [2.24, 2.45) is 0 Å². The van der Waals surface area contributed by atoms with Gasteiger partial charge in [0.15, 0.2) is 0 Å². The average Bonchev–Trinajstić information content (AvgIpc) is 3.13. The lowest BCUT2D eigenvalue weighted by Gasteiger charge is -2.32. The zero-order valence-corrected chi connectivity index (χ0v) is 18.4. The van der Waals surface area contributed by atoms with Gasteiger partial charge in [-0.25, -0.2) is 4.39 Å². The quantitative estimate of drug-likeness (QED) is 0.715. The van der Waals surface area contributed by atoms with E-state index >= 15 is 4.39 Å². The molecule has 28 heavy (non-hydrogen) atoms. The van der Waals surface area contributed by atoms with Gasteiger partial charge in [-0.05, 0) is 61.5 Å². The van der Waals surface area contributed by atoms with Crippen LogP contribution in [-0.2, 0) is 18.6 Å².